The van der Waals surface area contributed by atoms with Crippen molar-refractivity contribution in [3.8, 4) is 0 Å². The van der Waals surface area contributed by atoms with E-state index in [0.717, 1.165) is 19.3 Å². The van der Waals surface area contributed by atoms with Gasteiger partial charge in [0.15, 0.2) is 0 Å². The number of fused-ring (bicyclic) bond motifs is 3. The Balaban J connectivity index is 0.00000190. The third kappa shape index (κ3) is 5.52. The van der Waals surface area contributed by atoms with Crippen molar-refractivity contribution in [2.24, 2.45) is 0 Å². The van der Waals surface area contributed by atoms with E-state index >= 15 is 0 Å². The summed E-state index contributed by atoms with van der Waals surface area (Å²) in [5.41, 5.74) is 13.7. The molecular weight excluding hydrogens is 446 g/mol. The van der Waals surface area contributed by atoms with E-state index < -0.39 is 0 Å². The van der Waals surface area contributed by atoms with Crippen LogP contribution in [0.3, 0.4) is 0 Å². The van der Waals surface area contributed by atoms with Gasteiger partial charge in [-0.2, -0.15) is 0 Å². The molecule has 0 aliphatic rings. The maximum Gasteiger partial charge on any atom is 0.0494 e. The van der Waals surface area contributed by atoms with Crippen molar-refractivity contribution in [3.05, 3.63) is 117 Å². The minimum Gasteiger partial charge on any atom is -0.338 e. The highest BCUT2D eigenvalue weighted by Gasteiger charge is 2.16. The molecule has 0 radical (unpaired) electrons. The average Bonchev–Trinajstić information content (AvgIpc) is 3.16. The lowest BCUT2D eigenvalue weighted by molar-refractivity contribution is 0.563. The Kier molecular flexibility index (Phi) is 8.69. The van der Waals surface area contributed by atoms with Gasteiger partial charge in [-0.1, -0.05) is 75.9 Å². The fourth-order valence-electron chi connectivity index (χ4n) is 5.44. The predicted octanol–water partition coefficient (Wildman–Crippen LogP) is 10.5. The molecule has 0 amide bonds. The molecule has 4 aromatic carbocycles. The number of aromatic nitrogens is 1. The highest BCUT2D eigenvalue weighted by atomic mass is 15.0. The Morgan fingerprint density at radius 1 is 0.595 bits per heavy atom. The Hall–Kier alpha value is -3.32. The van der Waals surface area contributed by atoms with Crippen LogP contribution in [0, 0.1) is 27.7 Å². The van der Waals surface area contributed by atoms with E-state index in [1.165, 1.54) is 66.3 Å². The van der Waals surface area contributed by atoms with Crippen LogP contribution in [-0.2, 0) is 12.8 Å². The van der Waals surface area contributed by atoms with Crippen LogP contribution in [0.4, 0.5) is 0 Å². The first-order valence-electron chi connectivity index (χ1n) is 13.0. The first-order valence-corrected chi connectivity index (χ1v) is 13.0. The van der Waals surface area contributed by atoms with E-state index in [1.807, 2.05) is 0 Å². The zero-order valence-corrected chi connectivity index (χ0v) is 22.1. The standard InChI is InChI=1S/C34H37N.2CH4/c1-7-26(6)35-33-14-11-28(18-27-10-9-23(3)24(4)17-27)20-31(33)32-21-29(12-15-34(32)35)19-30-13-8-22(2)16-25(30)5;;/h8-17,20-21,26H,7,18-19H2,1-6H3;2*1H4. The van der Waals surface area contributed by atoms with E-state index in [2.05, 4.69) is 119 Å². The van der Waals surface area contributed by atoms with Gasteiger partial charge in [-0.25, -0.2) is 0 Å². The fourth-order valence-corrected chi connectivity index (χ4v) is 5.44. The molecule has 37 heavy (non-hydrogen) atoms. The maximum absolute atomic E-state index is 2.55. The lowest BCUT2D eigenvalue weighted by Gasteiger charge is -2.15. The molecule has 0 N–H and O–H groups in total. The second-order valence-electron chi connectivity index (χ2n) is 10.5. The van der Waals surface area contributed by atoms with Crippen LogP contribution in [0.15, 0.2) is 72.8 Å². The summed E-state index contributed by atoms with van der Waals surface area (Å²) in [7, 11) is 0. The van der Waals surface area contributed by atoms with Crippen molar-refractivity contribution in [1.29, 1.82) is 0 Å². The minimum atomic E-state index is 0. The molecule has 5 aromatic rings. The normalized spacial score (nSPS) is 11.8. The van der Waals surface area contributed by atoms with Crippen LogP contribution in [-0.4, -0.2) is 4.57 Å². The molecule has 0 saturated carbocycles. The summed E-state index contributed by atoms with van der Waals surface area (Å²) in [4.78, 5) is 0. The van der Waals surface area contributed by atoms with Gasteiger partial charge in [0.05, 0.1) is 0 Å². The smallest absolute Gasteiger partial charge is 0.0494 e. The topological polar surface area (TPSA) is 4.93 Å². The van der Waals surface area contributed by atoms with Gasteiger partial charge in [-0.3, -0.25) is 0 Å². The molecule has 1 unspecified atom stereocenters. The van der Waals surface area contributed by atoms with Crippen LogP contribution in [0.5, 0.6) is 0 Å². The van der Waals surface area contributed by atoms with Crippen LogP contribution in [0.2, 0.25) is 0 Å². The second kappa shape index (κ2) is 11.4. The van der Waals surface area contributed by atoms with E-state index in [9.17, 15) is 0 Å². The monoisotopic (exact) mass is 491 g/mol. The molecular formula is C36H45N. The van der Waals surface area contributed by atoms with E-state index in [4.69, 9.17) is 0 Å². The van der Waals surface area contributed by atoms with E-state index in [0.29, 0.717) is 6.04 Å². The maximum atomic E-state index is 2.55. The molecule has 0 aliphatic carbocycles. The van der Waals surface area contributed by atoms with E-state index in [1.54, 1.807) is 0 Å². The van der Waals surface area contributed by atoms with Crippen molar-refractivity contribution < 1.29 is 0 Å². The molecule has 0 saturated heterocycles. The van der Waals surface area contributed by atoms with Crippen molar-refractivity contribution in [2.45, 2.75) is 81.7 Å². The third-order valence-electron chi connectivity index (χ3n) is 7.84. The largest absolute Gasteiger partial charge is 0.338 e. The Bertz CT molecular complexity index is 1530. The van der Waals surface area contributed by atoms with Gasteiger partial charge in [0, 0.05) is 27.8 Å². The van der Waals surface area contributed by atoms with Gasteiger partial charge in [0.2, 0.25) is 0 Å². The molecule has 0 fully saturated rings. The summed E-state index contributed by atoms with van der Waals surface area (Å²) in [6, 6.07) is 28.4. The molecule has 1 nitrogen and oxygen atoms in total. The summed E-state index contributed by atoms with van der Waals surface area (Å²) in [5, 5.41) is 2.76. The van der Waals surface area contributed by atoms with Crippen molar-refractivity contribution in [2.75, 3.05) is 0 Å². The molecule has 0 spiro atoms. The zero-order valence-electron chi connectivity index (χ0n) is 22.1. The highest BCUT2D eigenvalue weighted by Crippen LogP contribution is 2.35. The molecule has 1 aromatic heterocycles. The average molecular weight is 492 g/mol. The first kappa shape index (κ1) is 28.3. The molecule has 1 heteroatoms. The number of nitrogens with zero attached hydrogens (tertiary/aromatic N) is 1. The second-order valence-corrected chi connectivity index (χ2v) is 10.5. The Morgan fingerprint density at radius 2 is 1.16 bits per heavy atom. The zero-order chi connectivity index (χ0) is 24.7. The van der Waals surface area contributed by atoms with Gasteiger partial charge >= 0.3 is 0 Å². The van der Waals surface area contributed by atoms with Gasteiger partial charge in [-0.05, 0) is 117 Å². The quantitative estimate of drug-likeness (QED) is 0.223. The summed E-state index contributed by atoms with van der Waals surface area (Å²) >= 11 is 0. The van der Waals surface area contributed by atoms with Crippen LogP contribution >= 0.6 is 0 Å². The van der Waals surface area contributed by atoms with Crippen molar-refractivity contribution in [3.63, 3.8) is 0 Å². The predicted molar refractivity (Wildman–Crippen MR) is 165 cm³/mol. The van der Waals surface area contributed by atoms with Gasteiger partial charge in [0.1, 0.15) is 0 Å². The van der Waals surface area contributed by atoms with E-state index in [-0.39, 0.29) is 14.9 Å². The van der Waals surface area contributed by atoms with Gasteiger partial charge < -0.3 is 4.57 Å². The summed E-state index contributed by atoms with van der Waals surface area (Å²) in [5.74, 6) is 0. The van der Waals surface area contributed by atoms with Crippen molar-refractivity contribution in [1.82, 2.24) is 4.57 Å². The molecule has 0 aliphatic heterocycles. The molecule has 0 bridgehead atoms. The Labute approximate surface area is 225 Å². The summed E-state index contributed by atoms with van der Waals surface area (Å²) in [6.07, 6.45) is 3.06. The van der Waals surface area contributed by atoms with Crippen LogP contribution in [0.1, 0.15) is 85.7 Å². The van der Waals surface area contributed by atoms with Gasteiger partial charge in [-0.15, -0.1) is 0 Å². The van der Waals surface area contributed by atoms with Crippen LogP contribution in [0.25, 0.3) is 21.8 Å². The summed E-state index contributed by atoms with van der Waals surface area (Å²) < 4.78 is 2.55. The number of benzene rings is 4. The number of hydrogen-bond donors (Lipinski definition) is 0. The minimum absolute atomic E-state index is 0. The molecule has 1 heterocycles. The number of hydrogen-bond acceptors (Lipinski definition) is 0. The van der Waals surface area contributed by atoms with Crippen LogP contribution < -0.4 is 0 Å². The molecule has 5 rings (SSSR count). The highest BCUT2D eigenvalue weighted by molar-refractivity contribution is 6.08. The van der Waals surface area contributed by atoms with Crippen molar-refractivity contribution >= 4 is 21.8 Å². The fraction of sp³-hybridized carbons (Fsp3) is 0.333. The first-order chi connectivity index (χ1) is 16.8. The number of aryl methyl sites for hydroxylation is 4. The molecule has 194 valence electrons. The lowest BCUT2D eigenvalue weighted by Crippen LogP contribution is -2.03. The molecule has 1 atom stereocenters. The number of rotatable bonds is 6. The summed E-state index contributed by atoms with van der Waals surface area (Å²) in [6.45, 7) is 13.4. The van der Waals surface area contributed by atoms with Gasteiger partial charge in [0.25, 0.3) is 0 Å². The SMILES string of the molecule is C.C.CCC(C)n1c2ccc(Cc3ccc(C)c(C)c3)cc2c2cc(Cc3ccc(C)cc3C)ccc21. The Morgan fingerprint density at radius 3 is 1.73 bits per heavy atom. The third-order valence-corrected chi connectivity index (χ3v) is 7.84. The lowest BCUT2D eigenvalue weighted by atomic mass is 9.97.